The first-order valence-corrected chi connectivity index (χ1v) is 8.04. The zero-order chi connectivity index (χ0) is 17.4. The standard InChI is InChI=1S/C18H24N2O4/c1-20(13-17(21)19-12-16-7-4-10-24-16)18(22)9-8-14-5-3-6-15(11-14)23-2/h3,5-6,8-9,11,16H,4,7,10,12-13H2,1-2H3,(H,19,21)/b9-8+. The first kappa shape index (κ1) is 18.0. The van der Waals surface area contributed by atoms with Crippen molar-refractivity contribution in [3.63, 3.8) is 0 Å². The van der Waals surface area contributed by atoms with Crippen molar-refractivity contribution < 1.29 is 19.1 Å². The summed E-state index contributed by atoms with van der Waals surface area (Å²) >= 11 is 0. The minimum Gasteiger partial charge on any atom is -0.497 e. The van der Waals surface area contributed by atoms with E-state index in [1.807, 2.05) is 24.3 Å². The zero-order valence-electron chi connectivity index (χ0n) is 14.2. The molecule has 24 heavy (non-hydrogen) atoms. The average Bonchev–Trinajstić information content (AvgIpc) is 3.11. The van der Waals surface area contributed by atoms with E-state index in [9.17, 15) is 9.59 Å². The molecule has 0 spiro atoms. The van der Waals surface area contributed by atoms with Crippen LogP contribution in [0.2, 0.25) is 0 Å². The van der Waals surface area contributed by atoms with E-state index >= 15 is 0 Å². The molecule has 0 aromatic heterocycles. The van der Waals surface area contributed by atoms with Crippen molar-refractivity contribution in [2.24, 2.45) is 0 Å². The Balaban J connectivity index is 1.78. The molecule has 2 amide bonds. The number of amides is 2. The molecular formula is C18H24N2O4. The van der Waals surface area contributed by atoms with Crippen LogP contribution in [0.5, 0.6) is 5.75 Å². The van der Waals surface area contributed by atoms with Gasteiger partial charge in [-0.25, -0.2) is 0 Å². The van der Waals surface area contributed by atoms with Gasteiger partial charge >= 0.3 is 0 Å². The molecule has 1 aliphatic rings. The van der Waals surface area contributed by atoms with Crippen LogP contribution in [0.25, 0.3) is 6.08 Å². The molecule has 1 saturated heterocycles. The monoisotopic (exact) mass is 332 g/mol. The van der Waals surface area contributed by atoms with Crippen molar-refractivity contribution in [3.8, 4) is 5.75 Å². The van der Waals surface area contributed by atoms with Gasteiger partial charge in [0.2, 0.25) is 11.8 Å². The molecule has 1 N–H and O–H groups in total. The molecule has 130 valence electrons. The molecule has 1 atom stereocenters. The maximum Gasteiger partial charge on any atom is 0.246 e. The number of nitrogens with one attached hydrogen (secondary N) is 1. The third-order valence-corrected chi connectivity index (χ3v) is 3.82. The number of likely N-dealkylation sites (N-methyl/N-ethyl adjacent to an activating group) is 1. The van der Waals surface area contributed by atoms with Gasteiger partial charge in [0.05, 0.1) is 19.8 Å². The van der Waals surface area contributed by atoms with Crippen LogP contribution in [0.15, 0.2) is 30.3 Å². The van der Waals surface area contributed by atoms with Crippen LogP contribution in [-0.2, 0) is 14.3 Å². The Morgan fingerprint density at radius 1 is 1.46 bits per heavy atom. The highest BCUT2D eigenvalue weighted by Gasteiger charge is 2.17. The molecule has 0 saturated carbocycles. The number of hydrogen-bond acceptors (Lipinski definition) is 4. The molecule has 1 aliphatic heterocycles. The second-order valence-electron chi connectivity index (χ2n) is 5.74. The lowest BCUT2D eigenvalue weighted by atomic mass is 10.2. The SMILES string of the molecule is COc1cccc(/C=C/C(=O)N(C)CC(=O)NCC2CCCO2)c1. The predicted octanol–water partition coefficient (Wildman–Crippen LogP) is 1.46. The molecule has 0 radical (unpaired) electrons. The van der Waals surface area contributed by atoms with Crippen molar-refractivity contribution in [1.82, 2.24) is 10.2 Å². The number of carbonyl (C=O) groups excluding carboxylic acids is 2. The Bertz CT molecular complexity index is 594. The summed E-state index contributed by atoms with van der Waals surface area (Å²) in [7, 11) is 3.20. The molecule has 1 unspecified atom stereocenters. The number of ether oxygens (including phenoxy) is 2. The number of carbonyl (C=O) groups is 2. The van der Waals surface area contributed by atoms with Crippen molar-refractivity contribution >= 4 is 17.9 Å². The maximum atomic E-state index is 12.1. The minimum atomic E-state index is -0.231. The zero-order valence-corrected chi connectivity index (χ0v) is 14.2. The van der Waals surface area contributed by atoms with Gasteiger partial charge in [-0.05, 0) is 36.6 Å². The van der Waals surface area contributed by atoms with Crippen molar-refractivity contribution in [3.05, 3.63) is 35.9 Å². The van der Waals surface area contributed by atoms with E-state index in [1.54, 1.807) is 20.2 Å². The fraction of sp³-hybridized carbons (Fsp3) is 0.444. The molecule has 1 heterocycles. The topological polar surface area (TPSA) is 67.9 Å². The van der Waals surface area contributed by atoms with E-state index in [0.717, 1.165) is 30.8 Å². The Hall–Kier alpha value is -2.34. The summed E-state index contributed by atoms with van der Waals surface area (Å²) in [6, 6.07) is 7.40. The van der Waals surface area contributed by atoms with Gasteiger partial charge in [-0.2, -0.15) is 0 Å². The summed E-state index contributed by atoms with van der Waals surface area (Å²) < 4.78 is 10.6. The Labute approximate surface area is 142 Å². The van der Waals surface area contributed by atoms with E-state index in [2.05, 4.69) is 5.32 Å². The molecular weight excluding hydrogens is 308 g/mol. The average molecular weight is 332 g/mol. The van der Waals surface area contributed by atoms with Crippen LogP contribution >= 0.6 is 0 Å². The quantitative estimate of drug-likeness (QED) is 0.768. The van der Waals surface area contributed by atoms with Gasteiger partial charge in [-0.3, -0.25) is 9.59 Å². The van der Waals surface area contributed by atoms with Gasteiger partial charge in [-0.15, -0.1) is 0 Å². The van der Waals surface area contributed by atoms with Gasteiger partial charge in [0.15, 0.2) is 0 Å². The fourth-order valence-corrected chi connectivity index (χ4v) is 2.42. The number of rotatable bonds is 7. The predicted molar refractivity (Wildman–Crippen MR) is 91.6 cm³/mol. The van der Waals surface area contributed by atoms with Gasteiger partial charge in [-0.1, -0.05) is 12.1 Å². The number of benzene rings is 1. The van der Waals surface area contributed by atoms with Crippen LogP contribution in [0.1, 0.15) is 18.4 Å². The summed E-state index contributed by atoms with van der Waals surface area (Å²) in [6.07, 6.45) is 5.25. The van der Waals surface area contributed by atoms with Gasteiger partial charge in [0.1, 0.15) is 5.75 Å². The Morgan fingerprint density at radius 2 is 2.29 bits per heavy atom. The van der Waals surface area contributed by atoms with E-state index in [0.29, 0.717) is 6.54 Å². The third kappa shape index (κ3) is 5.70. The van der Waals surface area contributed by atoms with Crippen LogP contribution in [0.4, 0.5) is 0 Å². The van der Waals surface area contributed by atoms with Gasteiger partial charge in [0.25, 0.3) is 0 Å². The normalized spacial score (nSPS) is 17.0. The highest BCUT2D eigenvalue weighted by molar-refractivity contribution is 5.94. The molecule has 6 nitrogen and oxygen atoms in total. The first-order chi connectivity index (χ1) is 11.6. The minimum absolute atomic E-state index is 0.0218. The van der Waals surface area contributed by atoms with Crippen molar-refractivity contribution in [2.45, 2.75) is 18.9 Å². The highest BCUT2D eigenvalue weighted by Crippen LogP contribution is 2.13. The van der Waals surface area contributed by atoms with Gasteiger partial charge < -0.3 is 19.7 Å². The van der Waals surface area contributed by atoms with Crippen LogP contribution in [0, 0.1) is 0 Å². The van der Waals surface area contributed by atoms with Crippen LogP contribution in [0.3, 0.4) is 0 Å². The van der Waals surface area contributed by atoms with E-state index < -0.39 is 0 Å². The molecule has 2 rings (SSSR count). The number of hydrogen-bond donors (Lipinski definition) is 1. The van der Waals surface area contributed by atoms with E-state index in [1.165, 1.54) is 11.0 Å². The summed E-state index contributed by atoms with van der Waals surface area (Å²) in [5.41, 5.74) is 0.860. The van der Waals surface area contributed by atoms with E-state index in [4.69, 9.17) is 9.47 Å². The number of methoxy groups -OCH3 is 1. The molecule has 1 fully saturated rings. The second kappa shape index (κ2) is 9.08. The smallest absolute Gasteiger partial charge is 0.246 e. The molecule has 1 aromatic carbocycles. The lowest BCUT2D eigenvalue weighted by molar-refractivity contribution is -0.131. The molecule has 0 aliphatic carbocycles. The summed E-state index contributed by atoms with van der Waals surface area (Å²) in [4.78, 5) is 25.3. The van der Waals surface area contributed by atoms with Crippen LogP contribution in [-0.4, -0.2) is 56.7 Å². The molecule has 6 heteroatoms. The summed E-state index contributed by atoms with van der Waals surface area (Å²) in [5.74, 6) is 0.313. The molecule has 1 aromatic rings. The third-order valence-electron chi connectivity index (χ3n) is 3.82. The summed E-state index contributed by atoms with van der Waals surface area (Å²) in [6.45, 7) is 1.28. The largest absolute Gasteiger partial charge is 0.497 e. The highest BCUT2D eigenvalue weighted by atomic mass is 16.5. The maximum absolute atomic E-state index is 12.1. The lowest BCUT2D eigenvalue weighted by Gasteiger charge is -2.16. The first-order valence-electron chi connectivity index (χ1n) is 8.04. The van der Waals surface area contributed by atoms with Gasteiger partial charge in [0, 0.05) is 26.3 Å². The van der Waals surface area contributed by atoms with E-state index in [-0.39, 0.29) is 24.5 Å². The van der Waals surface area contributed by atoms with Crippen LogP contribution < -0.4 is 10.1 Å². The summed E-state index contributed by atoms with van der Waals surface area (Å²) in [5, 5.41) is 2.80. The number of nitrogens with zero attached hydrogens (tertiary/aromatic N) is 1. The fourth-order valence-electron chi connectivity index (χ4n) is 2.42. The van der Waals surface area contributed by atoms with Crippen molar-refractivity contribution in [1.29, 1.82) is 0 Å². The Kier molecular flexibility index (Phi) is 6.81. The second-order valence-corrected chi connectivity index (χ2v) is 5.74. The lowest BCUT2D eigenvalue weighted by Crippen LogP contribution is -2.40. The van der Waals surface area contributed by atoms with Crippen molar-refractivity contribution in [2.75, 3.05) is 33.9 Å². The Morgan fingerprint density at radius 3 is 3.00 bits per heavy atom. The molecule has 0 bridgehead atoms.